The fraction of sp³-hybridized carbons (Fsp3) is 0.158. The van der Waals surface area contributed by atoms with Crippen LogP contribution in [-0.2, 0) is 9.59 Å². The third-order valence-electron chi connectivity index (χ3n) is 3.86. The highest BCUT2D eigenvalue weighted by Gasteiger charge is 2.41. The Hall–Kier alpha value is -3.39. The maximum atomic E-state index is 12.9. The summed E-state index contributed by atoms with van der Waals surface area (Å²) in [7, 11) is 0. The largest absolute Gasteiger partial charge is 0.489 e. The summed E-state index contributed by atoms with van der Waals surface area (Å²) in [6, 6.07) is 12.3. The molecule has 0 spiro atoms. The second kappa shape index (κ2) is 7.69. The first kappa shape index (κ1) is 19.4. The average Bonchev–Trinajstić information content (AvgIpc) is 2.86. The van der Waals surface area contributed by atoms with E-state index in [1.54, 1.807) is 24.3 Å². The number of ether oxygens (including phenoxy) is 1. The minimum atomic E-state index is -0.842. The molecule has 144 valence electrons. The van der Waals surface area contributed by atoms with Gasteiger partial charge in [0.05, 0.1) is 16.7 Å². The number of benzene rings is 2. The molecule has 2 aromatic carbocycles. The Bertz CT molecular complexity index is 1000. The van der Waals surface area contributed by atoms with Crippen LogP contribution in [0.3, 0.4) is 0 Å². The van der Waals surface area contributed by atoms with Crippen molar-refractivity contribution in [2.45, 2.75) is 20.0 Å². The number of hydrogen-bond acceptors (Lipinski definition) is 6. The molecular formula is C19H16ClN3O5. The summed E-state index contributed by atoms with van der Waals surface area (Å²) in [5, 5.41) is 13.7. The fourth-order valence-corrected chi connectivity index (χ4v) is 2.91. The van der Waals surface area contributed by atoms with Gasteiger partial charge in [-0.25, -0.2) is 4.90 Å². The number of nitro benzene ring substituents is 1. The van der Waals surface area contributed by atoms with E-state index in [1.165, 1.54) is 24.3 Å². The van der Waals surface area contributed by atoms with Gasteiger partial charge < -0.3 is 10.1 Å². The maximum Gasteiger partial charge on any atom is 0.293 e. The minimum absolute atomic E-state index is 0.114. The highest BCUT2D eigenvalue weighted by molar-refractivity contribution is 6.53. The van der Waals surface area contributed by atoms with Crippen LogP contribution in [0.5, 0.6) is 5.75 Å². The van der Waals surface area contributed by atoms with Crippen molar-refractivity contribution in [3.05, 3.63) is 69.4 Å². The minimum Gasteiger partial charge on any atom is -0.489 e. The Kier molecular flexibility index (Phi) is 5.32. The molecule has 0 bridgehead atoms. The van der Waals surface area contributed by atoms with Crippen molar-refractivity contribution >= 4 is 40.5 Å². The molecule has 0 aromatic heterocycles. The van der Waals surface area contributed by atoms with Gasteiger partial charge in [-0.15, -0.1) is 0 Å². The Morgan fingerprint density at radius 2 is 1.71 bits per heavy atom. The number of nitrogens with zero attached hydrogens (tertiary/aromatic N) is 2. The average molecular weight is 402 g/mol. The topological polar surface area (TPSA) is 102 Å². The summed E-state index contributed by atoms with van der Waals surface area (Å²) in [5.74, 6) is -1.16. The second-order valence-electron chi connectivity index (χ2n) is 6.17. The van der Waals surface area contributed by atoms with Crippen molar-refractivity contribution in [3.8, 4) is 5.75 Å². The number of imide groups is 1. The van der Waals surface area contributed by atoms with E-state index in [-0.39, 0.29) is 28.2 Å². The molecule has 1 aliphatic heterocycles. The van der Waals surface area contributed by atoms with Gasteiger partial charge in [-0.1, -0.05) is 35.9 Å². The molecule has 0 fully saturated rings. The van der Waals surface area contributed by atoms with Crippen molar-refractivity contribution in [3.63, 3.8) is 0 Å². The molecule has 2 amide bonds. The Labute approximate surface area is 165 Å². The molecule has 0 unspecified atom stereocenters. The van der Waals surface area contributed by atoms with E-state index >= 15 is 0 Å². The number of para-hydroxylation sites is 4. The number of halogens is 1. The number of amides is 2. The zero-order valence-corrected chi connectivity index (χ0v) is 15.8. The molecule has 1 heterocycles. The monoisotopic (exact) mass is 401 g/mol. The summed E-state index contributed by atoms with van der Waals surface area (Å²) in [4.78, 5) is 36.7. The fourth-order valence-electron chi connectivity index (χ4n) is 2.70. The van der Waals surface area contributed by atoms with Crippen LogP contribution < -0.4 is 15.0 Å². The molecule has 1 aliphatic rings. The van der Waals surface area contributed by atoms with Crippen molar-refractivity contribution in [1.82, 2.24) is 0 Å². The van der Waals surface area contributed by atoms with E-state index in [1.807, 2.05) is 13.8 Å². The van der Waals surface area contributed by atoms with Gasteiger partial charge in [-0.3, -0.25) is 19.7 Å². The van der Waals surface area contributed by atoms with E-state index in [0.29, 0.717) is 16.3 Å². The zero-order valence-electron chi connectivity index (χ0n) is 15.0. The Morgan fingerprint density at radius 1 is 1.07 bits per heavy atom. The van der Waals surface area contributed by atoms with Crippen LogP contribution in [0.1, 0.15) is 13.8 Å². The van der Waals surface area contributed by atoms with Gasteiger partial charge in [0, 0.05) is 6.07 Å². The van der Waals surface area contributed by atoms with Gasteiger partial charge in [-0.2, -0.15) is 0 Å². The first-order chi connectivity index (χ1) is 13.3. The lowest BCUT2D eigenvalue weighted by Gasteiger charge is -2.17. The van der Waals surface area contributed by atoms with E-state index < -0.39 is 16.7 Å². The molecule has 0 aliphatic carbocycles. The quantitative estimate of drug-likeness (QED) is 0.448. The Morgan fingerprint density at radius 3 is 2.39 bits per heavy atom. The van der Waals surface area contributed by atoms with Gasteiger partial charge in [0.1, 0.15) is 22.2 Å². The Balaban J connectivity index is 1.97. The number of carbonyl (C=O) groups excluding carboxylic acids is 2. The predicted molar refractivity (Wildman–Crippen MR) is 104 cm³/mol. The highest BCUT2D eigenvalue weighted by Crippen LogP contribution is 2.36. The molecule has 28 heavy (non-hydrogen) atoms. The molecule has 3 rings (SSSR count). The number of hydrogen-bond donors (Lipinski definition) is 1. The molecule has 2 aromatic rings. The van der Waals surface area contributed by atoms with Crippen LogP contribution in [0, 0.1) is 10.1 Å². The van der Waals surface area contributed by atoms with Crippen LogP contribution in [0.4, 0.5) is 17.1 Å². The van der Waals surface area contributed by atoms with Crippen LogP contribution >= 0.6 is 11.6 Å². The first-order valence-corrected chi connectivity index (χ1v) is 8.73. The van der Waals surface area contributed by atoms with Gasteiger partial charge in [0.2, 0.25) is 0 Å². The maximum absolute atomic E-state index is 12.9. The normalized spacial score (nSPS) is 14.1. The lowest BCUT2D eigenvalue weighted by molar-refractivity contribution is -0.384. The van der Waals surface area contributed by atoms with Crippen molar-refractivity contribution in [1.29, 1.82) is 0 Å². The number of nitro groups is 1. The SMILES string of the molecule is CC(C)Oc1ccccc1NC1=C(Cl)C(=O)N(c2ccccc2[N+](=O)[O-])C1=O. The smallest absolute Gasteiger partial charge is 0.293 e. The lowest BCUT2D eigenvalue weighted by atomic mass is 10.2. The number of rotatable bonds is 6. The highest BCUT2D eigenvalue weighted by atomic mass is 35.5. The second-order valence-corrected chi connectivity index (χ2v) is 6.55. The summed E-state index contributed by atoms with van der Waals surface area (Å²) >= 11 is 6.10. The van der Waals surface area contributed by atoms with Gasteiger partial charge in [-0.05, 0) is 32.0 Å². The van der Waals surface area contributed by atoms with Gasteiger partial charge >= 0.3 is 0 Å². The molecule has 0 saturated carbocycles. The van der Waals surface area contributed by atoms with E-state index in [4.69, 9.17) is 16.3 Å². The van der Waals surface area contributed by atoms with Crippen LogP contribution in [0.15, 0.2) is 59.3 Å². The number of carbonyl (C=O) groups is 2. The summed E-state index contributed by atoms with van der Waals surface area (Å²) < 4.78 is 5.69. The third kappa shape index (κ3) is 3.54. The van der Waals surface area contributed by atoms with Crippen LogP contribution in [0.2, 0.25) is 0 Å². The first-order valence-electron chi connectivity index (χ1n) is 8.36. The summed E-state index contributed by atoms with van der Waals surface area (Å²) in [6.45, 7) is 3.70. The van der Waals surface area contributed by atoms with Crippen molar-refractivity contribution in [2.75, 3.05) is 10.2 Å². The molecule has 9 heteroatoms. The molecule has 0 saturated heterocycles. The summed E-state index contributed by atoms with van der Waals surface area (Å²) in [6.07, 6.45) is -0.114. The molecule has 0 atom stereocenters. The van der Waals surface area contributed by atoms with Gasteiger partial charge in [0.25, 0.3) is 17.5 Å². The van der Waals surface area contributed by atoms with Gasteiger partial charge in [0.15, 0.2) is 0 Å². The van der Waals surface area contributed by atoms with Crippen LogP contribution in [0.25, 0.3) is 0 Å². The van der Waals surface area contributed by atoms with Crippen molar-refractivity contribution in [2.24, 2.45) is 0 Å². The standard InChI is InChI=1S/C19H16ClN3O5/c1-11(2)28-15-10-6-3-7-12(15)21-17-16(20)18(24)22(19(17)25)13-8-4-5-9-14(13)23(26)27/h3-11,21H,1-2H3. The predicted octanol–water partition coefficient (Wildman–Crippen LogP) is 3.82. The third-order valence-corrected chi connectivity index (χ3v) is 4.21. The van der Waals surface area contributed by atoms with E-state index in [9.17, 15) is 19.7 Å². The molecule has 8 nitrogen and oxygen atoms in total. The molecule has 1 N–H and O–H groups in total. The molecule has 0 radical (unpaired) electrons. The number of nitrogens with one attached hydrogen (secondary N) is 1. The zero-order chi connectivity index (χ0) is 20.4. The summed E-state index contributed by atoms with van der Waals surface area (Å²) in [5.41, 5.74) is -0.262. The van der Waals surface area contributed by atoms with Crippen LogP contribution in [-0.4, -0.2) is 22.8 Å². The van der Waals surface area contributed by atoms with E-state index in [0.717, 1.165) is 0 Å². The lowest BCUT2D eigenvalue weighted by Crippen LogP contribution is -2.32. The molecular weight excluding hydrogens is 386 g/mol. The van der Waals surface area contributed by atoms with Crippen molar-refractivity contribution < 1.29 is 19.2 Å². The van der Waals surface area contributed by atoms with E-state index in [2.05, 4.69) is 5.32 Å². The number of anilines is 2.